The van der Waals surface area contributed by atoms with Crippen molar-refractivity contribution in [3.63, 3.8) is 0 Å². The van der Waals surface area contributed by atoms with Crippen molar-refractivity contribution in [3.8, 4) is 10.6 Å². The summed E-state index contributed by atoms with van der Waals surface area (Å²) >= 11 is 1.36. The highest BCUT2D eigenvalue weighted by molar-refractivity contribution is 7.17. The molecule has 1 atom stereocenters. The first-order valence-electron chi connectivity index (χ1n) is 9.63. The minimum Gasteiger partial charge on any atom is -0.350 e. The zero-order valence-corrected chi connectivity index (χ0v) is 16.7. The van der Waals surface area contributed by atoms with Gasteiger partial charge in [0.15, 0.2) is 6.29 Å². The molecule has 0 radical (unpaired) electrons. The van der Waals surface area contributed by atoms with Crippen LogP contribution in [-0.2, 0) is 22.5 Å². The molecule has 1 aliphatic rings. The molecule has 0 saturated carbocycles. The molecule has 152 valence electrons. The van der Waals surface area contributed by atoms with E-state index in [9.17, 15) is 9.18 Å². The van der Waals surface area contributed by atoms with Crippen LogP contribution in [-0.4, -0.2) is 28.6 Å². The molecular formula is C21H22FN3O3S. The van der Waals surface area contributed by atoms with Crippen LogP contribution in [0.2, 0.25) is 0 Å². The van der Waals surface area contributed by atoms with Gasteiger partial charge in [-0.1, -0.05) is 12.1 Å². The van der Waals surface area contributed by atoms with Gasteiger partial charge in [-0.2, -0.15) is 5.10 Å². The lowest BCUT2D eigenvalue weighted by atomic mass is 10.1. The number of ether oxygens (including phenoxy) is 1. The van der Waals surface area contributed by atoms with Crippen molar-refractivity contribution in [2.75, 3.05) is 6.61 Å². The Hall–Kier alpha value is -2.55. The molecule has 1 unspecified atom stereocenters. The zero-order chi connectivity index (χ0) is 20.1. The molecular weight excluding hydrogens is 393 g/mol. The fraction of sp³-hybridized carbons (Fsp3) is 0.333. The molecule has 1 aromatic carbocycles. The average molecular weight is 415 g/mol. The van der Waals surface area contributed by atoms with Gasteiger partial charge in [-0.25, -0.2) is 14.7 Å². The highest BCUT2D eigenvalue weighted by atomic mass is 32.1. The summed E-state index contributed by atoms with van der Waals surface area (Å²) in [5, 5.41) is 4.58. The highest BCUT2D eigenvalue weighted by Crippen LogP contribution is 2.27. The summed E-state index contributed by atoms with van der Waals surface area (Å²) in [7, 11) is 0. The molecule has 8 heteroatoms. The number of thiophene rings is 1. The molecule has 1 fully saturated rings. The average Bonchev–Trinajstić information content (AvgIpc) is 3.42. The van der Waals surface area contributed by atoms with Gasteiger partial charge in [-0.15, -0.1) is 11.3 Å². The minimum absolute atomic E-state index is 0.232. The second-order valence-electron chi connectivity index (χ2n) is 6.85. The van der Waals surface area contributed by atoms with Crippen LogP contribution in [0.25, 0.3) is 10.6 Å². The smallest absolute Gasteiger partial charge is 0.285 e. The first-order chi connectivity index (χ1) is 14.2. The number of benzene rings is 1. The predicted octanol–water partition coefficient (Wildman–Crippen LogP) is 4.18. The molecule has 0 aliphatic carbocycles. The van der Waals surface area contributed by atoms with Crippen LogP contribution in [0.4, 0.5) is 4.39 Å². The Kier molecular flexibility index (Phi) is 6.33. The lowest BCUT2D eigenvalue weighted by Gasteiger charge is -2.21. The number of halogens is 1. The van der Waals surface area contributed by atoms with Crippen LogP contribution >= 0.6 is 11.3 Å². The summed E-state index contributed by atoms with van der Waals surface area (Å²) in [6.45, 7) is 1.35. The molecule has 1 amide bonds. The summed E-state index contributed by atoms with van der Waals surface area (Å²) in [4.78, 5) is 19.1. The van der Waals surface area contributed by atoms with Crippen LogP contribution in [0.5, 0.6) is 0 Å². The van der Waals surface area contributed by atoms with Gasteiger partial charge in [0.05, 0.1) is 9.75 Å². The van der Waals surface area contributed by atoms with Crippen LogP contribution in [0.15, 0.2) is 48.7 Å². The highest BCUT2D eigenvalue weighted by Gasteiger charge is 2.17. The van der Waals surface area contributed by atoms with Gasteiger partial charge < -0.3 is 4.74 Å². The Labute approximate surface area is 172 Å². The van der Waals surface area contributed by atoms with E-state index in [0.29, 0.717) is 18.0 Å². The molecule has 1 N–H and O–H groups in total. The third-order valence-corrected chi connectivity index (χ3v) is 5.79. The molecule has 1 aliphatic heterocycles. The van der Waals surface area contributed by atoms with Crippen molar-refractivity contribution in [1.29, 1.82) is 0 Å². The molecule has 0 bridgehead atoms. The Balaban J connectivity index is 1.31. The van der Waals surface area contributed by atoms with Gasteiger partial charge in [0.25, 0.3) is 5.91 Å². The molecule has 6 nitrogen and oxygen atoms in total. The second-order valence-corrected chi connectivity index (χ2v) is 7.93. The number of hydrogen-bond donors (Lipinski definition) is 1. The van der Waals surface area contributed by atoms with Crippen molar-refractivity contribution >= 4 is 17.2 Å². The van der Waals surface area contributed by atoms with Crippen molar-refractivity contribution < 1.29 is 18.8 Å². The fourth-order valence-corrected chi connectivity index (χ4v) is 3.94. The van der Waals surface area contributed by atoms with E-state index >= 15 is 0 Å². The third-order valence-electron chi connectivity index (χ3n) is 4.69. The number of rotatable bonds is 7. The number of nitrogens with one attached hydrogen (secondary N) is 1. The maximum absolute atomic E-state index is 13.0. The largest absolute Gasteiger partial charge is 0.350 e. The number of carbonyl (C=O) groups is 1. The first-order valence-corrected chi connectivity index (χ1v) is 10.4. The van der Waals surface area contributed by atoms with E-state index in [0.717, 1.165) is 41.8 Å². The van der Waals surface area contributed by atoms with E-state index < -0.39 is 0 Å². The van der Waals surface area contributed by atoms with Gasteiger partial charge in [0.2, 0.25) is 0 Å². The number of hydrogen-bond acceptors (Lipinski definition) is 5. The van der Waals surface area contributed by atoms with Crippen LogP contribution in [0, 0.1) is 5.82 Å². The topological polar surface area (TPSA) is 65.4 Å². The fourth-order valence-electron chi connectivity index (χ4n) is 3.08. The number of hydroxylamine groups is 1. The van der Waals surface area contributed by atoms with Crippen molar-refractivity contribution in [1.82, 2.24) is 15.3 Å². The van der Waals surface area contributed by atoms with Crippen LogP contribution in [0.1, 0.15) is 34.5 Å². The number of aromatic nitrogens is 2. The number of carbonyl (C=O) groups excluding carboxylic acids is 1. The maximum atomic E-state index is 13.0. The summed E-state index contributed by atoms with van der Waals surface area (Å²) in [6, 6.07) is 12.1. The number of amides is 1. The quantitative estimate of drug-likeness (QED) is 0.588. The molecule has 29 heavy (non-hydrogen) atoms. The zero-order valence-electron chi connectivity index (χ0n) is 15.8. The van der Waals surface area contributed by atoms with Gasteiger partial charge in [-0.3, -0.25) is 9.48 Å². The van der Waals surface area contributed by atoms with Crippen molar-refractivity contribution in [2.45, 2.75) is 38.5 Å². The number of nitrogens with zero attached hydrogens (tertiary/aromatic N) is 2. The lowest BCUT2D eigenvalue weighted by Crippen LogP contribution is -2.32. The van der Waals surface area contributed by atoms with E-state index in [1.54, 1.807) is 18.2 Å². The predicted molar refractivity (Wildman–Crippen MR) is 108 cm³/mol. The normalized spacial score (nSPS) is 16.7. The summed E-state index contributed by atoms with van der Waals surface area (Å²) in [6.07, 6.45) is 5.14. The third kappa shape index (κ3) is 5.29. The Bertz CT molecular complexity index is 948. The standard InChI is InChI=1S/C21H22FN3O3S/c22-16-6-4-15(5-7-16)10-12-25-13-11-17(23-25)18-8-9-19(29-18)21(26)24-28-20-3-1-2-14-27-20/h4-9,11,13,20H,1-3,10,12,14H2,(H,24,26). The van der Waals surface area contributed by atoms with Crippen molar-refractivity contribution in [2.24, 2.45) is 0 Å². The minimum atomic E-state index is -0.371. The summed E-state index contributed by atoms with van der Waals surface area (Å²) in [5.41, 5.74) is 4.34. The van der Waals surface area contributed by atoms with Gasteiger partial charge >= 0.3 is 0 Å². The molecule has 3 heterocycles. The lowest BCUT2D eigenvalue weighted by molar-refractivity contribution is -0.186. The second kappa shape index (κ2) is 9.30. The van der Waals surface area contributed by atoms with Crippen molar-refractivity contribution in [3.05, 3.63) is 64.9 Å². The SMILES string of the molecule is O=C(NOC1CCCCO1)c1ccc(-c2ccn(CCc3ccc(F)cc3)n2)s1. The van der Waals surface area contributed by atoms with Crippen LogP contribution < -0.4 is 5.48 Å². The maximum Gasteiger partial charge on any atom is 0.285 e. The number of aryl methyl sites for hydroxylation is 2. The molecule has 0 spiro atoms. The Morgan fingerprint density at radius 2 is 2.10 bits per heavy atom. The Morgan fingerprint density at radius 3 is 2.90 bits per heavy atom. The Morgan fingerprint density at radius 1 is 1.24 bits per heavy atom. The van der Waals surface area contributed by atoms with Gasteiger partial charge in [0, 0.05) is 25.8 Å². The van der Waals surface area contributed by atoms with E-state index in [2.05, 4.69) is 10.6 Å². The van der Waals surface area contributed by atoms with E-state index in [4.69, 9.17) is 9.57 Å². The molecule has 2 aromatic heterocycles. The molecule has 3 aromatic rings. The van der Waals surface area contributed by atoms with Gasteiger partial charge in [-0.05, 0) is 55.2 Å². The van der Waals surface area contributed by atoms with E-state index in [1.165, 1.54) is 23.5 Å². The first kappa shape index (κ1) is 19.8. The summed E-state index contributed by atoms with van der Waals surface area (Å²) in [5.74, 6) is -0.518. The summed E-state index contributed by atoms with van der Waals surface area (Å²) < 4.78 is 20.3. The van der Waals surface area contributed by atoms with E-state index in [1.807, 2.05) is 23.0 Å². The van der Waals surface area contributed by atoms with Gasteiger partial charge in [0.1, 0.15) is 11.5 Å². The van der Waals surface area contributed by atoms with Crippen LogP contribution in [0.3, 0.4) is 0 Å². The molecule has 4 rings (SSSR count). The monoisotopic (exact) mass is 415 g/mol. The van der Waals surface area contributed by atoms with E-state index in [-0.39, 0.29) is 18.0 Å². The molecule has 1 saturated heterocycles.